The SMILES string of the molecule is CC(Sc1nnc2c(=O)[nH]c3ccccc3n12)C(F)(F)F. The van der Waals surface area contributed by atoms with Crippen LogP contribution < -0.4 is 5.56 Å². The van der Waals surface area contributed by atoms with E-state index in [9.17, 15) is 18.0 Å². The number of alkyl halides is 3. The quantitative estimate of drug-likeness (QED) is 0.739. The first-order chi connectivity index (χ1) is 9.88. The highest BCUT2D eigenvalue weighted by molar-refractivity contribution is 7.99. The Morgan fingerprint density at radius 3 is 2.71 bits per heavy atom. The van der Waals surface area contributed by atoms with Gasteiger partial charge in [0.15, 0.2) is 5.16 Å². The summed E-state index contributed by atoms with van der Waals surface area (Å²) in [6.07, 6.45) is -4.35. The third kappa shape index (κ3) is 2.37. The van der Waals surface area contributed by atoms with Crippen LogP contribution in [0.4, 0.5) is 13.2 Å². The van der Waals surface area contributed by atoms with Gasteiger partial charge in [-0.2, -0.15) is 13.2 Å². The van der Waals surface area contributed by atoms with Gasteiger partial charge in [0.2, 0.25) is 5.65 Å². The molecule has 2 heterocycles. The molecule has 0 saturated heterocycles. The van der Waals surface area contributed by atoms with Crippen LogP contribution in [0, 0.1) is 0 Å². The van der Waals surface area contributed by atoms with Crippen LogP contribution in [0.15, 0.2) is 34.2 Å². The van der Waals surface area contributed by atoms with Crippen molar-refractivity contribution in [3.8, 4) is 0 Å². The van der Waals surface area contributed by atoms with Gasteiger partial charge in [-0.15, -0.1) is 10.2 Å². The molecule has 0 amide bonds. The van der Waals surface area contributed by atoms with Crippen LogP contribution in [0.25, 0.3) is 16.7 Å². The number of benzene rings is 1. The van der Waals surface area contributed by atoms with Crippen LogP contribution >= 0.6 is 11.8 Å². The third-order valence-electron chi connectivity index (χ3n) is 2.97. The maximum atomic E-state index is 12.7. The van der Waals surface area contributed by atoms with E-state index in [4.69, 9.17) is 0 Å². The fraction of sp³-hybridized carbons (Fsp3) is 0.250. The minimum Gasteiger partial charge on any atom is -0.317 e. The predicted molar refractivity (Wildman–Crippen MR) is 72.5 cm³/mol. The molecule has 1 aromatic carbocycles. The first-order valence-corrected chi connectivity index (χ1v) is 6.85. The zero-order valence-electron chi connectivity index (χ0n) is 10.7. The summed E-state index contributed by atoms with van der Waals surface area (Å²) in [6.45, 7) is 1.04. The lowest BCUT2D eigenvalue weighted by molar-refractivity contribution is -0.125. The highest BCUT2D eigenvalue weighted by Gasteiger charge is 2.37. The van der Waals surface area contributed by atoms with Crippen molar-refractivity contribution in [2.45, 2.75) is 23.5 Å². The summed E-state index contributed by atoms with van der Waals surface area (Å²) in [7, 11) is 0. The van der Waals surface area contributed by atoms with Gasteiger partial charge in [0.1, 0.15) is 5.25 Å². The van der Waals surface area contributed by atoms with Crippen molar-refractivity contribution in [2.75, 3.05) is 0 Å². The molecule has 0 saturated carbocycles. The average molecular weight is 314 g/mol. The van der Waals surface area contributed by atoms with Crippen molar-refractivity contribution in [3.05, 3.63) is 34.6 Å². The summed E-state index contributed by atoms with van der Waals surface area (Å²) in [5, 5.41) is 5.79. The number of rotatable bonds is 2. The second kappa shape index (κ2) is 4.76. The molecule has 0 aliphatic rings. The summed E-state index contributed by atoms with van der Waals surface area (Å²) in [5.74, 6) is 0. The largest absolute Gasteiger partial charge is 0.400 e. The van der Waals surface area contributed by atoms with Crippen molar-refractivity contribution in [2.24, 2.45) is 0 Å². The summed E-state index contributed by atoms with van der Waals surface area (Å²) in [6, 6.07) is 6.79. The molecule has 2 aromatic heterocycles. The Morgan fingerprint density at radius 2 is 2.00 bits per heavy atom. The molecule has 1 atom stereocenters. The number of hydrogen-bond acceptors (Lipinski definition) is 4. The van der Waals surface area contributed by atoms with Crippen LogP contribution in [0.5, 0.6) is 0 Å². The number of nitrogens with one attached hydrogen (secondary N) is 1. The number of para-hydroxylation sites is 2. The molecule has 9 heteroatoms. The van der Waals surface area contributed by atoms with Crippen LogP contribution in [-0.2, 0) is 0 Å². The Hall–Kier alpha value is -2.03. The van der Waals surface area contributed by atoms with Crippen molar-refractivity contribution >= 4 is 28.4 Å². The standard InChI is InChI=1S/C12H9F3N4OS/c1-6(12(13,14)15)21-11-18-17-9-10(20)16-7-4-2-3-5-8(7)19(9)11/h2-6H,1H3,(H,16,20). The highest BCUT2D eigenvalue weighted by Crippen LogP contribution is 2.34. The van der Waals surface area contributed by atoms with E-state index in [2.05, 4.69) is 15.2 Å². The highest BCUT2D eigenvalue weighted by atomic mass is 32.2. The van der Waals surface area contributed by atoms with Crippen LogP contribution in [0.2, 0.25) is 0 Å². The smallest absolute Gasteiger partial charge is 0.317 e. The number of nitrogens with zero attached hydrogens (tertiary/aromatic N) is 3. The molecule has 1 N–H and O–H groups in total. The van der Waals surface area contributed by atoms with E-state index in [-0.39, 0.29) is 10.8 Å². The van der Waals surface area contributed by atoms with Crippen molar-refractivity contribution < 1.29 is 13.2 Å². The number of aromatic nitrogens is 4. The molecular weight excluding hydrogens is 305 g/mol. The molecule has 5 nitrogen and oxygen atoms in total. The number of halogens is 3. The first-order valence-electron chi connectivity index (χ1n) is 5.97. The topological polar surface area (TPSA) is 63.0 Å². The zero-order valence-corrected chi connectivity index (χ0v) is 11.5. The van der Waals surface area contributed by atoms with Gasteiger partial charge in [-0.05, 0) is 19.1 Å². The summed E-state index contributed by atoms with van der Waals surface area (Å²) in [4.78, 5) is 14.5. The molecule has 0 bridgehead atoms. The maximum Gasteiger partial charge on any atom is 0.400 e. The lowest BCUT2D eigenvalue weighted by Crippen LogP contribution is -2.22. The van der Waals surface area contributed by atoms with Gasteiger partial charge in [-0.3, -0.25) is 9.20 Å². The second-order valence-electron chi connectivity index (χ2n) is 4.41. The number of aromatic amines is 1. The van der Waals surface area contributed by atoms with E-state index in [1.165, 1.54) is 4.40 Å². The minimum absolute atomic E-state index is 0.0226. The maximum absolute atomic E-state index is 12.7. The lowest BCUT2D eigenvalue weighted by atomic mass is 10.3. The molecule has 110 valence electrons. The van der Waals surface area contributed by atoms with E-state index >= 15 is 0 Å². The third-order valence-corrected chi connectivity index (χ3v) is 4.07. The Labute approximate surface area is 120 Å². The Kier molecular flexibility index (Phi) is 3.16. The molecule has 0 fully saturated rings. The fourth-order valence-electron chi connectivity index (χ4n) is 1.89. The summed E-state index contributed by atoms with van der Waals surface area (Å²) < 4.78 is 39.4. The summed E-state index contributed by atoms with van der Waals surface area (Å²) in [5.41, 5.74) is 0.545. The number of H-pyrrole nitrogens is 1. The number of thioether (sulfide) groups is 1. The van der Waals surface area contributed by atoms with Gasteiger partial charge in [-0.25, -0.2) is 0 Å². The molecule has 3 rings (SSSR count). The van der Waals surface area contributed by atoms with E-state index in [1.807, 2.05) is 0 Å². The Balaban J connectivity index is 2.23. The molecule has 0 aliphatic carbocycles. The van der Waals surface area contributed by atoms with E-state index in [0.717, 1.165) is 6.92 Å². The number of hydrogen-bond donors (Lipinski definition) is 1. The minimum atomic E-state index is -4.35. The monoisotopic (exact) mass is 314 g/mol. The Bertz CT molecular complexity index is 870. The van der Waals surface area contributed by atoms with Crippen LogP contribution in [0.3, 0.4) is 0 Å². The van der Waals surface area contributed by atoms with Gasteiger partial charge in [0.25, 0.3) is 5.56 Å². The predicted octanol–water partition coefficient (Wildman–Crippen LogP) is 2.61. The van der Waals surface area contributed by atoms with E-state index < -0.39 is 17.0 Å². The van der Waals surface area contributed by atoms with E-state index in [1.54, 1.807) is 24.3 Å². The zero-order chi connectivity index (χ0) is 15.2. The molecule has 21 heavy (non-hydrogen) atoms. The molecule has 0 radical (unpaired) electrons. The van der Waals surface area contributed by atoms with Gasteiger partial charge < -0.3 is 4.98 Å². The van der Waals surface area contributed by atoms with Crippen molar-refractivity contribution in [1.29, 1.82) is 0 Å². The number of fused-ring (bicyclic) bond motifs is 3. The molecule has 3 aromatic rings. The lowest BCUT2D eigenvalue weighted by Gasteiger charge is -2.13. The molecular formula is C12H9F3N4OS. The van der Waals surface area contributed by atoms with Gasteiger partial charge in [0.05, 0.1) is 11.0 Å². The van der Waals surface area contributed by atoms with Gasteiger partial charge >= 0.3 is 6.18 Å². The van der Waals surface area contributed by atoms with E-state index in [0.29, 0.717) is 22.8 Å². The molecule has 1 unspecified atom stereocenters. The second-order valence-corrected chi connectivity index (χ2v) is 5.72. The van der Waals surface area contributed by atoms with Gasteiger partial charge in [0, 0.05) is 0 Å². The van der Waals surface area contributed by atoms with Crippen LogP contribution in [0.1, 0.15) is 6.92 Å². The average Bonchev–Trinajstić information content (AvgIpc) is 2.83. The Morgan fingerprint density at radius 1 is 1.29 bits per heavy atom. The van der Waals surface area contributed by atoms with Crippen molar-refractivity contribution in [1.82, 2.24) is 19.6 Å². The molecule has 0 aliphatic heterocycles. The first kappa shape index (κ1) is 13.9. The van der Waals surface area contributed by atoms with Crippen molar-refractivity contribution in [3.63, 3.8) is 0 Å². The fourth-order valence-corrected chi connectivity index (χ4v) is 2.72. The molecule has 0 spiro atoms. The van der Waals surface area contributed by atoms with Crippen LogP contribution in [-0.4, -0.2) is 31.0 Å². The normalized spacial score (nSPS) is 13.9. The summed E-state index contributed by atoms with van der Waals surface area (Å²) >= 11 is 0.522. The van der Waals surface area contributed by atoms with Gasteiger partial charge in [-0.1, -0.05) is 23.9 Å².